The second-order valence-corrected chi connectivity index (χ2v) is 4.59. The van der Waals surface area contributed by atoms with Gasteiger partial charge >= 0.3 is 0 Å². The van der Waals surface area contributed by atoms with Gasteiger partial charge in [-0.15, -0.1) is 0 Å². The van der Waals surface area contributed by atoms with Crippen LogP contribution in [0.25, 0.3) is 11.3 Å². The monoisotopic (exact) mass is 329 g/mol. The van der Waals surface area contributed by atoms with Crippen molar-refractivity contribution in [2.24, 2.45) is 0 Å². The Labute approximate surface area is 105 Å². The third kappa shape index (κ3) is 2.01. The van der Waals surface area contributed by atoms with Gasteiger partial charge in [0.25, 0.3) is 0 Å². The van der Waals surface area contributed by atoms with Crippen LogP contribution in [0.5, 0.6) is 0 Å². The van der Waals surface area contributed by atoms with E-state index in [9.17, 15) is 0 Å². The Morgan fingerprint density at radius 3 is 2.93 bits per heavy atom. The van der Waals surface area contributed by atoms with Gasteiger partial charge in [0.05, 0.1) is 5.69 Å². The van der Waals surface area contributed by atoms with E-state index in [1.807, 2.05) is 18.2 Å². The lowest BCUT2D eigenvalue weighted by atomic mass is 10.1. The second kappa shape index (κ2) is 4.49. The number of alkyl halides is 1. The normalized spacial score (nSPS) is 10.6. The maximum Gasteiger partial charge on any atom is 0.181 e. The highest BCUT2D eigenvalue weighted by molar-refractivity contribution is 9.10. The first-order valence-electron chi connectivity index (χ1n) is 4.48. The maximum atomic E-state index is 5.42. The minimum atomic E-state index is 0.699. The first-order valence-corrected chi connectivity index (χ1v) is 6.39. The lowest BCUT2D eigenvalue weighted by Crippen LogP contribution is -1.87. The molecular weight excluding hydrogens is 322 g/mol. The van der Waals surface area contributed by atoms with E-state index in [2.05, 4.69) is 43.8 Å². The third-order valence-electron chi connectivity index (χ3n) is 2.28. The van der Waals surface area contributed by atoms with Gasteiger partial charge in [-0.3, -0.25) is 0 Å². The SMILES string of the molecule is Cc1c(Br)cccc1-c1ocnc1CBr. The molecule has 1 aromatic carbocycles. The Kier molecular flexibility index (Phi) is 3.26. The van der Waals surface area contributed by atoms with Crippen LogP contribution in [0.15, 0.2) is 33.5 Å². The van der Waals surface area contributed by atoms with Crippen molar-refractivity contribution in [3.8, 4) is 11.3 Å². The van der Waals surface area contributed by atoms with E-state index < -0.39 is 0 Å². The molecule has 0 saturated heterocycles. The molecule has 2 rings (SSSR count). The average molecular weight is 331 g/mol. The van der Waals surface area contributed by atoms with Crippen molar-refractivity contribution in [2.75, 3.05) is 0 Å². The smallest absolute Gasteiger partial charge is 0.181 e. The van der Waals surface area contributed by atoms with Crippen LogP contribution in [0.3, 0.4) is 0 Å². The first kappa shape index (κ1) is 10.9. The largest absolute Gasteiger partial charge is 0.443 e. The van der Waals surface area contributed by atoms with Crippen LogP contribution in [0.4, 0.5) is 0 Å². The van der Waals surface area contributed by atoms with Crippen LogP contribution in [0, 0.1) is 6.92 Å². The molecule has 0 saturated carbocycles. The average Bonchev–Trinajstić information content (AvgIpc) is 2.70. The molecule has 0 amide bonds. The molecule has 1 aromatic heterocycles. The molecule has 4 heteroatoms. The van der Waals surface area contributed by atoms with Gasteiger partial charge in [-0.1, -0.05) is 44.0 Å². The molecule has 0 aliphatic carbocycles. The van der Waals surface area contributed by atoms with Crippen LogP contribution in [0.2, 0.25) is 0 Å². The van der Waals surface area contributed by atoms with Crippen molar-refractivity contribution in [3.63, 3.8) is 0 Å². The minimum Gasteiger partial charge on any atom is -0.443 e. The zero-order valence-electron chi connectivity index (χ0n) is 8.13. The number of halogens is 2. The molecule has 0 bridgehead atoms. The molecule has 0 atom stereocenters. The van der Waals surface area contributed by atoms with Gasteiger partial charge in [0.2, 0.25) is 0 Å². The lowest BCUT2D eigenvalue weighted by molar-refractivity contribution is 0.571. The van der Waals surface area contributed by atoms with E-state index in [-0.39, 0.29) is 0 Å². The summed E-state index contributed by atoms with van der Waals surface area (Å²) in [6.07, 6.45) is 1.48. The fraction of sp³-hybridized carbons (Fsp3) is 0.182. The van der Waals surface area contributed by atoms with E-state index in [1.165, 1.54) is 6.39 Å². The highest BCUT2D eigenvalue weighted by Crippen LogP contribution is 2.31. The molecule has 0 aliphatic rings. The van der Waals surface area contributed by atoms with Gasteiger partial charge < -0.3 is 4.42 Å². The molecule has 78 valence electrons. The van der Waals surface area contributed by atoms with Gasteiger partial charge in [-0.05, 0) is 18.6 Å². The number of oxazole rings is 1. The molecule has 15 heavy (non-hydrogen) atoms. The summed E-state index contributed by atoms with van der Waals surface area (Å²) < 4.78 is 6.50. The Bertz CT molecular complexity index is 479. The number of benzene rings is 1. The van der Waals surface area contributed by atoms with Crippen LogP contribution in [-0.2, 0) is 5.33 Å². The molecular formula is C11H9Br2NO. The van der Waals surface area contributed by atoms with Gasteiger partial charge in [-0.25, -0.2) is 4.98 Å². The summed E-state index contributed by atoms with van der Waals surface area (Å²) in [7, 11) is 0. The van der Waals surface area contributed by atoms with E-state index in [0.717, 1.165) is 27.1 Å². The van der Waals surface area contributed by atoms with E-state index >= 15 is 0 Å². The zero-order valence-corrected chi connectivity index (χ0v) is 11.3. The van der Waals surface area contributed by atoms with Gasteiger partial charge in [0, 0.05) is 15.4 Å². The fourth-order valence-electron chi connectivity index (χ4n) is 1.44. The Morgan fingerprint density at radius 1 is 1.40 bits per heavy atom. The number of rotatable bonds is 2. The molecule has 0 N–H and O–H groups in total. The summed E-state index contributed by atoms with van der Waals surface area (Å²) in [5.74, 6) is 0.839. The predicted molar refractivity (Wildman–Crippen MR) is 67.0 cm³/mol. The fourth-order valence-corrected chi connectivity index (χ4v) is 2.20. The Hall–Kier alpha value is -0.610. The maximum absolute atomic E-state index is 5.42. The molecule has 2 aromatic rings. The summed E-state index contributed by atoms with van der Waals surface area (Å²) in [5, 5.41) is 0.699. The summed E-state index contributed by atoms with van der Waals surface area (Å²) in [6.45, 7) is 2.06. The number of hydrogen-bond acceptors (Lipinski definition) is 2. The molecule has 0 aliphatic heterocycles. The van der Waals surface area contributed by atoms with Crippen LogP contribution >= 0.6 is 31.9 Å². The molecule has 1 heterocycles. The molecule has 0 unspecified atom stereocenters. The van der Waals surface area contributed by atoms with Gasteiger partial charge in [-0.2, -0.15) is 0 Å². The number of nitrogens with zero attached hydrogens (tertiary/aromatic N) is 1. The summed E-state index contributed by atoms with van der Waals surface area (Å²) in [4.78, 5) is 4.15. The van der Waals surface area contributed by atoms with Crippen molar-refractivity contribution in [1.29, 1.82) is 0 Å². The van der Waals surface area contributed by atoms with Crippen molar-refractivity contribution in [3.05, 3.63) is 40.3 Å². The van der Waals surface area contributed by atoms with Crippen molar-refractivity contribution in [2.45, 2.75) is 12.3 Å². The van der Waals surface area contributed by atoms with E-state index in [4.69, 9.17) is 4.42 Å². The van der Waals surface area contributed by atoms with Crippen LogP contribution in [0.1, 0.15) is 11.3 Å². The van der Waals surface area contributed by atoms with Gasteiger partial charge in [0.15, 0.2) is 12.2 Å². The summed E-state index contributed by atoms with van der Waals surface area (Å²) in [6, 6.07) is 6.04. The second-order valence-electron chi connectivity index (χ2n) is 3.17. The minimum absolute atomic E-state index is 0.699. The standard InChI is InChI=1S/C11H9Br2NO/c1-7-8(3-2-4-9(7)13)11-10(5-12)14-6-15-11/h2-4,6H,5H2,1H3. The van der Waals surface area contributed by atoms with E-state index in [0.29, 0.717) is 5.33 Å². The highest BCUT2D eigenvalue weighted by atomic mass is 79.9. The lowest BCUT2D eigenvalue weighted by Gasteiger charge is -2.05. The summed E-state index contributed by atoms with van der Waals surface area (Å²) in [5.41, 5.74) is 3.17. The summed E-state index contributed by atoms with van der Waals surface area (Å²) >= 11 is 6.90. The zero-order chi connectivity index (χ0) is 10.8. The molecule has 2 nitrogen and oxygen atoms in total. The molecule has 0 fully saturated rings. The molecule has 0 spiro atoms. The van der Waals surface area contributed by atoms with Crippen LogP contribution < -0.4 is 0 Å². The van der Waals surface area contributed by atoms with Crippen molar-refractivity contribution < 1.29 is 4.42 Å². The van der Waals surface area contributed by atoms with Gasteiger partial charge in [0.1, 0.15) is 0 Å². The number of aromatic nitrogens is 1. The van der Waals surface area contributed by atoms with Crippen molar-refractivity contribution >= 4 is 31.9 Å². The number of hydrogen-bond donors (Lipinski definition) is 0. The van der Waals surface area contributed by atoms with Crippen LogP contribution in [-0.4, -0.2) is 4.98 Å². The quantitative estimate of drug-likeness (QED) is 0.767. The molecule has 0 radical (unpaired) electrons. The predicted octanol–water partition coefficient (Wildman–Crippen LogP) is 4.31. The topological polar surface area (TPSA) is 26.0 Å². The Balaban J connectivity index is 2.59. The first-order chi connectivity index (χ1) is 7.24. The highest BCUT2D eigenvalue weighted by Gasteiger charge is 2.12. The third-order valence-corrected chi connectivity index (χ3v) is 3.67. The Morgan fingerprint density at radius 2 is 2.20 bits per heavy atom. The van der Waals surface area contributed by atoms with Crippen molar-refractivity contribution in [1.82, 2.24) is 4.98 Å². The van der Waals surface area contributed by atoms with E-state index in [1.54, 1.807) is 0 Å².